The van der Waals surface area contributed by atoms with Crippen LogP contribution in [0.15, 0.2) is 54.9 Å². The summed E-state index contributed by atoms with van der Waals surface area (Å²) in [7, 11) is 0. The summed E-state index contributed by atoms with van der Waals surface area (Å²) < 4.78 is 2.11. The molecular weight excluding hydrogens is 414 g/mol. The summed E-state index contributed by atoms with van der Waals surface area (Å²) in [4.78, 5) is 34.2. The third-order valence-electron chi connectivity index (χ3n) is 6.83. The summed E-state index contributed by atoms with van der Waals surface area (Å²) in [5, 5.41) is 0. The van der Waals surface area contributed by atoms with Gasteiger partial charge in [0.05, 0.1) is 5.92 Å². The number of imidazole rings is 1. The number of carbonyl (C=O) groups excluding carboxylic acids is 2. The molecule has 33 heavy (non-hydrogen) atoms. The summed E-state index contributed by atoms with van der Waals surface area (Å²) in [6, 6.07) is 13.6. The van der Waals surface area contributed by atoms with Gasteiger partial charge in [-0.1, -0.05) is 32.0 Å². The van der Waals surface area contributed by atoms with Crippen LogP contribution in [0.1, 0.15) is 37.2 Å². The molecule has 2 aliphatic rings. The van der Waals surface area contributed by atoms with Gasteiger partial charge in [0.25, 0.3) is 0 Å². The lowest BCUT2D eigenvalue weighted by Crippen LogP contribution is -2.39. The van der Waals surface area contributed by atoms with E-state index in [1.807, 2.05) is 36.4 Å². The van der Waals surface area contributed by atoms with Gasteiger partial charge in [0, 0.05) is 60.9 Å². The highest BCUT2D eigenvalue weighted by molar-refractivity contribution is 6.05. The zero-order chi connectivity index (χ0) is 23.3. The molecular formula is C26H29N5O2. The number of amides is 2. The van der Waals surface area contributed by atoms with E-state index in [0.717, 1.165) is 23.7 Å². The van der Waals surface area contributed by atoms with Crippen LogP contribution in [0.2, 0.25) is 0 Å². The number of anilines is 3. The van der Waals surface area contributed by atoms with E-state index < -0.39 is 0 Å². The number of nitrogens with zero attached hydrogens (tertiary/aromatic N) is 4. The third-order valence-corrected chi connectivity index (χ3v) is 6.83. The van der Waals surface area contributed by atoms with Gasteiger partial charge in [-0.25, -0.2) is 4.98 Å². The number of nitrogens with two attached hydrogens (primary N) is 1. The van der Waals surface area contributed by atoms with Crippen LogP contribution in [0.4, 0.5) is 17.1 Å². The Balaban J connectivity index is 1.38. The predicted octanol–water partition coefficient (Wildman–Crippen LogP) is 3.50. The molecule has 0 bridgehead atoms. The number of carbonyl (C=O) groups is 2. The SMILES string of the molecule is Cc1nccn1Cc1ccc2c(c1)C(C)(C)CN2C(=O)C1CC(=O)N(c2cccc(N)c2)C1. The second-order valence-electron chi connectivity index (χ2n) is 9.76. The van der Waals surface area contributed by atoms with E-state index >= 15 is 0 Å². The molecule has 3 heterocycles. The van der Waals surface area contributed by atoms with Crippen molar-refractivity contribution in [2.24, 2.45) is 5.92 Å². The fourth-order valence-corrected chi connectivity index (χ4v) is 5.02. The van der Waals surface area contributed by atoms with Crippen LogP contribution < -0.4 is 15.5 Å². The summed E-state index contributed by atoms with van der Waals surface area (Å²) in [5.74, 6) is 0.583. The van der Waals surface area contributed by atoms with Gasteiger partial charge < -0.3 is 20.1 Å². The number of rotatable bonds is 4. The van der Waals surface area contributed by atoms with Crippen molar-refractivity contribution in [2.75, 3.05) is 28.6 Å². The Morgan fingerprint density at radius 2 is 2.03 bits per heavy atom. The largest absolute Gasteiger partial charge is 0.399 e. The molecule has 2 amide bonds. The van der Waals surface area contributed by atoms with Crippen LogP contribution in [0, 0.1) is 12.8 Å². The highest BCUT2D eigenvalue weighted by Crippen LogP contribution is 2.42. The van der Waals surface area contributed by atoms with Crippen LogP contribution in [0.3, 0.4) is 0 Å². The molecule has 2 aliphatic heterocycles. The zero-order valence-corrected chi connectivity index (χ0v) is 19.3. The monoisotopic (exact) mass is 443 g/mol. The molecule has 0 radical (unpaired) electrons. The number of fused-ring (bicyclic) bond motifs is 1. The maximum absolute atomic E-state index is 13.6. The lowest BCUT2D eigenvalue weighted by Gasteiger charge is -2.23. The predicted molar refractivity (Wildman–Crippen MR) is 129 cm³/mol. The van der Waals surface area contributed by atoms with Gasteiger partial charge in [-0.3, -0.25) is 9.59 Å². The van der Waals surface area contributed by atoms with Crippen LogP contribution in [-0.4, -0.2) is 34.5 Å². The van der Waals surface area contributed by atoms with Crippen molar-refractivity contribution in [2.45, 2.75) is 39.2 Å². The second kappa shape index (κ2) is 7.76. The van der Waals surface area contributed by atoms with E-state index in [1.54, 1.807) is 17.0 Å². The molecule has 1 aromatic heterocycles. The molecule has 7 nitrogen and oxygen atoms in total. The number of benzene rings is 2. The van der Waals surface area contributed by atoms with Gasteiger partial charge in [0.1, 0.15) is 5.82 Å². The first kappa shape index (κ1) is 21.2. The molecule has 0 spiro atoms. The molecule has 170 valence electrons. The molecule has 0 aliphatic carbocycles. The molecule has 1 fully saturated rings. The number of aromatic nitrogens is 2. The lowest BCUT2D eigenvalue weighted by molar-refractivity contribution is -0.124. The smallest absolute Gasteiger partial charge is 0.232 e. The normalized spacial score (nSPS) is 19.2. The minimum Gasteiger partial charge on any atom is -0.399 e. The Bertz CT molecular complexity index is 1240. The highest BCUT2D eigenvalue weighted by atomic mass is 16.2. The van der Waals surface area contributed by atoms with E-state index in [2.05, 4.69) is 41.6 Å². The molecule has 2 N–H and O–H groups in total. The highest BCUT2D eigenvalue weighted by Gasteiger charge is 2.43. The van der Waals surface area contributed by atoms with Crippen LogP contribution in [0.5, 0.6) is 0 Å². The number of aryl methyl sites for hydroxylation is 1. The first-order valence-corrected chi connectivity index (χ1v) is 11.3. The van der Waals surface area contributed by atoms with Crippen molar-refractivity contribution in [3.63, 3.8) is 0 Å². The zero-order valence-electron chi connectivity index (χ0n) is 19.3. The van der Waals surface area contributed by atoms with Crippen LogP contribution >= 0.6 is 0 Å². The van der Waals surface area contributed by atoms with Gasteiger partial charge in [0.15, 0.2) is 0 Å². The summed E-state index contributed by atoms with van der Waals surface area (Å²) in [6.45, 7) is 8.07. The van der Waals surface area contributed by atoms with E-state index in [-0.39, 0.29) is 29.6 Å². The maximum atomic E-state index is 13.6. The van der Waals surface area contributed by atoms with Crippen molar-refractivity contribution in [3.8, 4) is 0 Å². The molecule has 1 atom stereocenters. The standard InChI is InChI=1S/C26H29N5O2/c1-17-28-9-10-29(17)14-18-7-8-23-22(11-18)26(2,3)16-31(23)25(33)19-12-24(32)30(15-19)21-6-4-5-20(27)13-21/h4-11,13,19H,12,14-16,27H2,1-3H3. The van der Waals surface area contributed by atoms with E-state index in [0.29, 0.717) is 18.8 Å². The van der Waals surface area contributed by atoms with Gasteiger partial charge in [-0.05, 0) is 42.3 Å². The average Bonchev–Trinajstić information content (AvgIpc) is 3.44. The molecule has 0 saturated carbocycles. The van der Waals surface area contributed by atoms with E-state index in [9.17, 15) is 9.59 Å². The third kappa shape index (κ3) is 3.77. The Labute approximate surface area is 193 Å². The summed E-state index contributed by atoms with van der Waals surface area (Å²) >= 11 is 0. The maximum Gasteiger partial charge on any atom is 0.232 e. The molecule has 1 saturated heterocycles. The van der Waals surface area contributed by atoms with Crippen LogP contribution in [0.25, 0.3) is 0 Å². The Hall–Kier alpha value is -3.61. The van der Waals surface area contributed by atoms with Crippen molar-refractivity contribution in [3.05, 3.63) is 71.8 Å². The quantitative estimate of drug-likeness (QED) is 0.626. The van der Waals surface area contributed by atoms with Gasteiger partial charge in [0.2, 0.25) is 11.8 Å². The van der Waals surface area contributed by atoms with Crippen molar-refractivity contribution in [1.82, 2.24) is 9.55 Å². The molecule has 2 aromatic carbocycles. The van der Waals surface area contributed by atoms with Crippen molar-refractivity contribution >= 4 is 28.9 Å². The molecule has 7 heteroatoms. The van der Waals surface area contributed by atoms with Crippen LogP contribution in [-0.2, 0) is 21.5 Å². The first-order chi connectivity index (χ1) is 15.7. The number of hydrogen-bond acceptors (Lipinski definition) is 4. The average molecular weight is 444 g/mol. The summed E-state index contributed by atoms with van der Waals surface area (Å²) in [5.41, 5.74) is 10.4. The Kier molecular flexibility index (Phi) is 5.00. The molecule has 1 unspecified atom stereocenters. The number of nitrogen functional groups attached to an aromatic ring is 1. The first-order valence-electron chi connectivity index (χ1n) is 11.3. The number of hydrogen-bond donors (Lipinski definition) is 1. The topological polar surface area (TPSA) is 84.5 Å². The van der Waals surface area contributed by atoms with Crippen molar-refractivity contribution < 1.29 is 9.59 Å². The van der Waals surface area contributed by atoms with Gasteiger partial charge in [-0.15, -0.1) is 0 Å². The minimum atomic E-state index is -0.367. The van der Waals surface area contributed by atoms with E-state index in [4.69, 9.17) is 5.73 Å². The Morgan fingerprint density at radius 1 is 1.21 bits per heavy atom. The lowest BCUT2D eigenvalue weighted by atomic mass is 9.86. The summed E-state index contributed by atoms with van der Waals surface area (Å²) in [6.07, 6.45) is 4.01. The fraction of sp³-hybridized carbons (Fsp3) is 0.346. The minimum absolute atomic E-state index is 0.0137. The van der Waals surface area contributed by atoms with Gasteiger partial charge in [-0.2, -0.15) is 0 Å². The molecule has 3 aromatic rings. The molecule has 5 rings (SSSR count). The second-order valence-corrected chi connectivity index (χ2v) is 9.76. The Morgan fingerprint density at radius 3 is 2.76 bits per heavy atom. The van der Waals surface area contributed by atoms with E-state index in [1.165, 1.54) is 11.1 Å². The van der Waals surface area contributed by atoms with Crippen molar-refractivity contribution in [1.29, 1.82) is 0 Å². The fourth-order valence-electron chi connectivity index (χ4n) is 5.02. The van der Waals surface area contributed by atoms with Gasteiger partial charge >= 0.3 is 0 Å².